The standard InChI is InChI=1S/C15H22N2O.ClH/c1-12(10-16-2)15(18)17(11-13-8-9-13)14-6-4-3-5-7-14;/h3-7,12-13,16H,8-11H2,1-2H3;1H. The summed E-state index contributed by atoms with van der Waals surface area (Å²) in [5.41, 5.74) is 1.03. The molecule has 1 aromatic rings. The minimum atomic E-state index is 0. The van der Waals surface area contributed by atoms with Gasteiger partial charge in [0.05, 0.1) is 0 Å². The second-order valence-corrected chi connectivity index (χ2v) is 5.19. The van der Waals surface area contributed by atoms with Gasteiger partial charge >= 0.3 is 0 Å². The first-order valence-corrected chi connectivity index (χ1v) is 6.73. The molecule has 4 heteroatoms. The largest absolute Gasteiger partial charge is 0.319 e. The third-order valence-electron chi connectivity index (χ3n) is 3.40. The minimum Gasteiger partial charge on any atom is -0.319 e. The second kappa shape index (κ2) is 7.51. The monoisotopic (exact) mass is 282 g/mol. The maximum absolute atomic E-state index is 12.5. The molecule has 1 amide bonds. The maximum atomic E-state index is 12.5. The molecule has 19 heavy (non-hydrogen) atoms. The van der Waals surface area contributed by atoms with Gasteiger partial charge in [-0.15, -0.1) is 12.4 Å². The fourth-order valence-corrected chi connectivity index (χ4v) is 2.15. The van der Waals surface area contributed by atoms with E-state index in [0.717, 1.165) is 18.8 Å². The van der Waals surface area contributed by atoms with E-state index in [-0.39, 0.29) is 24.2 Å². The molecule has 1 aromatic carbocycles. The van der Waals surface area contributed by atoms with E-state index in [4.69, 9.17) is 0 Å². The lowest BCUT2D eigenvalue weighted by Gasteiger charge is -2.26. The predicted octanol–water partition coefficient (Wildman–Crippen LogP) is 2.71. The molecule has 1 N–H and O–H groups in total. The van der Waals surface area contributed by atoms with Gasteiger partial charge in [-0.05, 0) is 37.9 Å². The Bertz CT molecular complexity index is 392. The van der Waals surface area contributed by atoms with Crippen LogP contribution in [0.25, 0.3) is 0 Å². The lowest BCUT2D eigenvalue weighted by molar-refractivity contribution is -0.121. The molecule has 0 aromatic heterocycles. The number of carbonyl (C=O) groups is 1. The molecule has 2 rings (SSSR count). The normalized spacial score (nSPS) is 15.5. The van der Waals surface area contributed by atoms with Crippen LogP contribution in [0.3, 0.4) is 0 Å². The number of halogens is 1. The summed E-state index contributed by atoms with van der Waals surface area (Å²) in [6, 6.07) is 10.0. The van der Waals surface area contributed by atoms with Crippen molar-refractivity contribution in [1.29, 1.82) is 0 Å². The molecule has 0 heterocycles. The average molecular weight is 283 g/mol. The summed E-state index contributed by atoms with van der Waals surface area (Å²) in [7, 11) is 1.89. The number of hydrogen-bond acceptors (Lipinski definition) is 2. The van der Waals surface area contributed by atoms with Gasteiger partial charge in [0.2, 0.25) is 5.91 Å². The Morgan fingerprint density at radius 3 is 2.53 bits per heavy atom. The predicted molar refractivity (Wildman–Crippen MR) is 81.9 cm³/mol. The lowest BCUT2D eigenvalue weighted by atomic mass is 10.1. The summed E-state index contributed by atoms with van der Waals surface area (Å²) in [5, 5.41) is 3.08. The molecule has 1 fully saturated rings. The Morgan fingerprint density at radius 2 is 2.00 bits per heavy atom. The van der Waals surface area contributed by atoms with E-state index < -0.39 is 0 Å². The number of carbonyl (C=O) groups excluding carboxylic acids is 1. The SMILES string of the molecule is CNCC(C)C(=O)N(CC1CC1)c1ccccc1.Cl. The number of nitrogens with one attached hydrogen (secondary N) is 1. The Hall–Kier alpha value is -1.06. The average Bonchev–Trinajstić information content (AvgIpc) is 3.20. The van der Waals surface area contributed by atoms with Crippen molar-refractivity contribution in [2.75, 3.05) is 25.0 Å². The van der Waals surface area contributed by atoms with E-state index in [1.54, 1.807) is 0 Å². The Labute approximate surface area is 121 Å². The van der Waals surface area contributed by atoms with Crippen LogP contribution in [0.15, 0.2) is 30.3 Å². The second-order valence-electron chi connectivity index (χ2n) is 5.19. The molecule has 0 saturated heterocycles. The van der Waals surface area contributed by atoms with Crippen LogP contribution < -0.4 is 10.2 Å². The van der Waals surface area contributed by atoms with E-state index in [1.807, 2.05) is 49.2 Å². The number of para-hydroxylation sites is 1. The fraction of sp³-hybridized carbons (Fsp3) is 0.533. The van der Waals surface area contributed by atoms with E-state index >= 15 is 0 Å². The highest BCUT2D eigenvalue weighted by Gasteiger charge is 2.29. The zero-order chi connectivity index (χ0) is 13.0. The first-order chi connectivity index (χ1) is 8.72. The van der Waals surface area contributed by atoms with Crippen molar-refractivity contribution in [3.8, 4) is 0 Å². The molecule has 1 aliphatic rings. The van der Waals surface area contributed by atoms with Crippen molar-refractivity contribution < 1.29 is 4.79 Å². The van der Waals surface area contributed by atoms with Gasteiger partial charge in [0.25, 0.3) is 0 Å². The minimum absolute atomic E-state index is 0. The third-order valence-corrected chi connectivity index (χ3v) is 3.40. The van der Waals surface area contributed by atoms with Crippen molar-refractivity contribution in [1.82, 2.24) is 5.32 Å². The first kappa shape index (κ1) is 16.0. The molecular formula is C15H23ClN2O. The molecule has 106 valence electrons. The third kappa shape index (κ3) is 4.51. The van der Waals surface area contributed by atoms with Gasteiger partial charge in [-0.2, -0.15) is 0 Å². The van der Waals surface area contributed by atoms with Gasteiger partial charge in [0.1, 0.15) is 0 Å². The zero-order valence-electron chi connectivity index (χ0n) is 11.6. The molecular weight excluding hydrogens is 260 g/mol. The van der Waals surface area contributed by atoms with Crippen LogP contribution in [0.2, 0.25) is 0 Å². The van der Waals surface area contributed by atoms with E-state index in [0.29, 0.717) is 5.92 Å². The summed E-state index contributed by atoms with van der Waals surface area (Å²) in [6.45, 7) is 3.59. The van der Waals surface area contributed by atoms with Gasteiger partial charge in [0.15, 0.2) is 0 Å². The molecule has 0 radical (unpaired) electrons. The van der Waals surface area contributed by atoms with E-state index in [9.17, 15) is 4.79 Å². The molecule has 0 spiro atoms. The van der Waals surface area contributed by atoms with Crippen molar-refractivity contribution in [2.45, 2.75) is 19.8 Å². The number of benzene rings is 1. The van der Waals surface area contributed by atoms with Gasteiger partial charge in [-0.25, -0.2) is 0 Å². The lowest BCUT2D eigenvalue weighted by Crippen LogP contribution is -2.39. The maximum Gasteiger partial charge on any atom is 0.231 e. The van der Waals surface area contributed by atoms with Crippen molar-refractivity contribution >= 4 is 24.0 Å². The molecule has 0 bridgehead atoms. The van der Waals surface area contributed by atoms with E-state index in [1.165, 1.54) is 12.8 Å². The van der Waals surface area contributed by atoms with Gasteiger partial charge in [-0.1, -0.05) is 25.1 Å². The molecule has 1 atom stereocenters. The fourth-order valence-electron chi connectivity index (χ4n) is 2.15. The molecule has 3 nitrogen and oxygen atoms in total. The summed E-state index contributed by atoms with van der Waals surface area (Å²) in [5.74, 6) is 0.951. The topological polar surface area (TPSA) is 32.3 Å². The number of hydrogen-bond donors (Lipinski definition) is 1. The van der Waals surface area contributed by atoms with Crippen LogP contribution in [0.5, 0.6) is 0 Å². The number of nitrogens with zero attached hydrogens (tertiary/aromatic N) is 1. The highest BCUT2D eigenvalue weighted by Crippen LogP contribution is 2.32. The van der Waals surface area contributed by atoms with Crippen molar-refractivity contribution in [3.05, 3.63) is 30.3 Å². The number of anilines is 1. The van der Waals surface area contributed by atoms with Gasteiger partial charge in [0, 0.05) is 24.7 Å². The molecule has 0 aliphatic heterocycles. The van der Waals surface area contributed by atoms with Gasteiger partial charge < -0.3 is 10.2 Å². The first-order valence-electron chi connectivity index (χ1n) is 6.73. The quantitative estimate of drug-likeness (QED) is 0.870. The van der Waals surface area contributed by atoms with Gasteiger partial charge in [-0.3, -0.25) is 4.79 Å². The highest BCUT2D eigenvalue weighted by molar-refractivity contribution is 5.95. The van der Waals surface area contributed by atoms with Crippen LogP contribution in [0.4, 0.5) is 5.69 Å². The summed E-state index contributed by atoms with van der Waals surface area (Å²) < 4.78 is 0. The van der Waals surface area contributed by atoms with E-state index in [2.05, 4.69) is 5.32 Å². The smallest absolute Gasteiger partial charge is 0.231 e. The molecule has 1 aliphatic carbocycles. The molecule has 1 saturated carbocycles. The van der Waals surface area contributed by atoms with Crippen LogP contribution in [0, 0.1) is 11.8 Å². The summed E-state index contributed by atoms with van der Waals surface area (Å²) in [6.07, 6.45) is 2.52. The summed E-state index contributed by atoms with van der Waals surface area (Å²) >= 11 is 0. The van der Waals surface area contributed by atoms with Crippen LogP contribution in [0.1, 0.15) is 19.8 Å². The Morgan fingerprint density at radius 1 is 1.37 bits per heavy atom. The summed E-state index contributed by atoms with van der Waals surface area (Å²) in [4.78, 5) is 14.4. The van der Waals surface area contributed by atoms with Crippen LogP contribution >= 0.6 is 12.4 Å². The number of amides is 1. The number of rotatable bonds is 6. The zero-order valence-corrected chi connectivity index (χ0v) is 12.5. The molecule has 1 unspecified atom stereocenters. The van der Waals surface area contributed by atoms with Crippen LogP contribution in [-0.2, 0) is 4.79 Å². The van der Waals surface area contributed by atoms with Crippen molar-refractivity contribution in [3.63, 3.8) is 0 Å². The Kier molecular flexibility index (Phi) is 6.32. The van der Waals surface area contributed by atoms with Crippen LogP contribution in [-0.4, -0.2) is 26.0 Å². The highest BCUT2D eigenvalue weighted by atomic mass is 35.5. The van der Waals surface area contributed by atoms with Crippen molar-refractivity contribution in [2.24, 2.45) is 11.8 Å². The Balaban J connectivity index is 0.00000180.